The van der Waals surface area contributed by atoms with E-state index >= 15 is 0 Å². The fraction of sp³-hybridized carbons (Fsp3) is 0.167. The quantitative estimate of drug-likeness (QED) is 0.533. The molecule has 0 radical (unpaired) electrons. The molecule has 0 fully saturated rings. The van der Waals surface area contributed by atoms with Gasteiger partial charge in [-0.05, 0) is 6.92 Å². The molecular formula is C6H3ClFNS. The lowest BCUT2D eigenvalue weighted by atomic mass is 10.4. The van der Waals surface area contributed by atoms with Crippen LogP contribution in [0.2, 0.25) is 5.02 Å². The molecule has 1 aromatic heterocycles. The second kappa shape index (κ2) is 2.57. The van der Waals surface area contributed by atoms with E-state index in [9.17, 15) is 4.39 Å². The summed E-state index contributed by atoms with van der Waals surface area (Å²) in [6.45, 7) is 8.23. The van der Waals surface area contributed by atoms with E-state index in [2.05, 4.69) is 4.85 Å². The Bertz CT molecular complexity index is 299. The molecule has 1 rings (SSSR count). The van der Waals surface area contributed by atoms with Crippen LogP contribution in [-0.4, -0.2) is 0 Å². The van der Waals surface area contributed by atoms with Crippen molar-refractivity contribution < 1.29 is 4.39 Å². The lowest BCUT2D eigenvalue weighted by molar-refractivity contribution is 0.662. The topological polar surface area (TPSA) is 4.36 Å². The van der Waals surface area contributed by atoms with Crippen LogP contribution in [0.4, 0.5) is 10.1 Å². The van der Waals surface area contributed by atoms with Crippen molar-refractivity contribution in [2.75, 3.05) is 0 Å². The fourth-order valence-corrected chi connectivity index (χ4v) is 1.57. The van der Waals surface area contributed by atoms with Crippen LogP contribution in [0.1, 0.15) is 4.88 Å². The summed E-state index contributed by atoms with van der Waals surface area (Å²) in [7, 11) is 0. The molecule has 4 heteroatoms. The lowest BCUT2D eigenvalue weighted by Crippen LogP contribution is -1.58. The molecule has 0 aromatic carbocycles. The van der Waals surface area contributed by atoms with Crippen molar-refractivity contribution in [2.24, 2.45) is 0 Å². The molecule has 0 unspecified atom stereocenters. The van der Waals surface area contributed by atoms with Gasteiger partial charge in [-0.3, -0.25) is 0 Å². The van der Waals surface area contributed by atoms with Gasteiger partial charge in [0.2, 0.25) is 0 Å². The monoisotopic (exact) mass is 175 g/mol. The van der Waals surface area contributed by atoms with E-state index in [0.717, 1.165) is 11.3 Å². The maximum Gasteiger partial charge on any atom is 0.251 e. The first-order valence-electron chi connectivity index (χ1n) is 2.48. The average Bonchev–Trinajstić information content (AvgIpc) is 2.09. The van der Waals surface area contributed by atoms with Crippen molar-refractivity contribution in [3.63, 3.8) is 0 Å². The maximum atomic E-state index is 12.6. The Balaban J connectivity index is 3.37. The van der Waals surface area contributed by atoms with Crippen molar-refractivity contribution in [1.82, 2.24) is 0 Å². The molecule has 1 aromatic rings. The Kier molecular flexibility index (Phi) is 1.93. The Hall–Kier alpha value is -0.590. The second-order valence-electron chi connectivity index (χ2n) is 1.71. The number of thiophene rings is 1. The van der Waals surface area contributed by atoms with E-state index in [0.29, 0.717) is 4.88 Å². The fourth-order valence-electron chi connectivity index (χ4n) is 0.574. The van der Waals surface area contributed by atoms with E-state index in [4.69, 9.17) is 18.2 Å². The first kappa shape index (κ1) is 7.52. The van der Waals surface area contributed by atoms with E-state index in [1.54, 1.807) is 6.92 Å². The van der Waals surface area contributed by atoms with Gasteiger partial charge in [0.25, 0.3) is 5.69 Å². The molecule has 10 heavy (non-hydrogen) atoms. The number of halogens is 2. The van der Waals surface area contributed by atoms with Gasteiger partial charge in [-0.15, -0.1) is 11.3 Å². The third-order valence-electron chi connectivity index (χ3n) is 1.06. The van der Waals surface area contributed by atoms with Crippen LogP contribution in [0.25, 0.3) is 4.85 Å². The van der Waals surface area contributed by atoms with Gasteiger partial charge in [0.05, 0.1) is 11.6 Å². The van der Waals surface area contributed by atoms with Gasteiger partial charge in [0.15, 0.2) is 5.13 Å². The highest BCUT2D eigenvalue weighted by Gasteiger charge is 2.12. The van der Waals surface area contributed by atoms with E-state index < -0.39 is 5.13 Å². The van der Waals surface area contributed by atoms with E-state index in [1.807, 2.05) is 0 Å². The Morgan fingerprint density at radius 2 is 2.30 bits per heavy atom. The van der Waals surface area contributed by atoms with Crippen LogP contribution in [0.15, 0.2) is 0 Å². The van der Waals surface area contributed by atoms with Gasteiger partial charge in [0.1, 0.15) is 0 Å². The molecule has 1 nitrogen and oxygen atoms in total. The number of aryl methyl sites for hydroxylation is 1. The Morgan fingerprint density at radius 3 is 2.50 bits per heavy atom. The van der Waals surface area contributed by atoms with Crippen molar-refractivity contribution in [3.8, 4) is 0 Å². The van der Waals surface area contributed by atoms with Crippen LogP contribution >= 0.6 is 22.9 Å². The molecule has 0 aliphatic rings. The van der Waals surface area contributed by atoms with Gasteiger partial charge in [-0.2, -0.15) is 0 Å². The summed E-state index contributed by atoms with van der Waals surface area (Å²) in [5.74, 6) is 0. The minimum Gasteiger partial charge on any atom is -0.233 e. The molecule has 0 amide bonds. The first-order valence-corrected chi connectivity index (χ1v) is 3.68. The average molecular weight is 176 g/mol. The zero-order valence-electron chi connectivity index (χ0n) is 5.11. The summed E-state index contributed by atoms with van der Waals surface area (Å²) in [5.41, 5.74) is -0.0517. The molecule has 0 atom stereocenters. The molecule has 0 spiro atoms. The number of nitrogens with zero attached hydrogens (tertiary/aromatic N) is 1. The van der Waals surface area contributed by atoms with Crippen molar-refractivity contribution in [1.29, 1.82) is 0 Å². The highest BCUT2D eigenvalue weighted by molar-refractivity contribution is 7.11. The van der Waals surface area contributed by atoms with Gasteiger partial charge < -0.3 is 0 Å². The third-order valence-corrected chi connectivity index (χ3v) is 2.52. The van der Waals surface area contributed by atoms with Crippen molar-refractivity contribution in [3.05, 3.63) is 26.4 Å². The smallest absolute Gasteiger partial charge is 0.233 e. The van der Waals surface area contributed by atoms with Crippen LogP contribution in [0.5, 0.6) is 0 Å². The lowest BCUT2D eigenvalue weighted by Gasteiger charge is -1.82. The molecule has 0 saturated heterocycles. The molecule has 0 aliphatic carbocycles. The van der Waals surface area contributed by atoms with Gasteiger partial charge in [-0.1, -0.05) is 11.6 Å². The molecule has 0 N–H and O–H groups in total. The van der Waals surface area contributed by atoms with Crippen LogP contribution in [0.3, 0.4) is 0 Å². The zero-order chi connectivity index (χ0) is 7.72. The summed E-state index contributed by atoms with van der Waals surface area (Å²) in [6, 6.07) is 0. The molecule has 0 bridgehead atoms. The maximum absolute atomic E-state index is 12.6. The summed E-state index contributed by atoms with van der Waals surface area (Å²) in [6.07, 6.45) is 0. The Morgan fingerprint density at radius 1 is 1.70 bits per heavy atom. The SMILES string of the molecule is [C-]#[N+]c1c(F)sc(C)c1Cl. The normalized spacial score (nSPS) is 9.40. The first-order chi connectivity index (χ1) is 4.66. The third kappa shape index (κ3) is 1.00. The predicted octanol–water partition coefficient (Wildman–Crippen LogP) is 3.40. The Labute approximate surface area is 66.9 Å². The van der Waals surface area contributed by atoms with Crippen LogP contribution < -0.4 is 0 Å². The molecule has 0 aliphatic heterocycles. The van der Waals surface area contributed by atoms with Crippen molar-refractivity contribution in [2.45, 2.75) is 6.92 Å². The predicted molar refractivity (Wildman–Crippen MR) is 40.3 cm³/mol. The van der Waals surface area contributed by atoms with Gasteiger partial charge in [0, 0.05) is 4.88 Å². The molecular weight excluding hydrogens is 173 g/mol. The summed E-state index contributed by atoms with van der Waals surface area (Å²) >= 11 is 6.48. The number of hydrogen-bond acceptors (Lipinski definition) is 1. The van der Waals surface area contributed by atoms with Gasteiger partial charge in [-0.25, -0.2) is 9.24 Å². The highest BCUT2D eigenvalue weighted by Crippen LogP contribution is 2.37. The minimum atomic E-state index is -0.488. The molecule has 0 saturated carbocycles. The summed E-state index contributed by atoms with van der Waals surface area (Å²) < 4.78 is 12.6. The number of rotatable bonds is 0. The minimum absolute atomic E-state index is 0.0517. The van der Waals surface area contributed by atoms with Gasteiger partial charge >= 0.3 is 0 Å². The second-order valence-corrected chi connectivity index (χ2v) is 3.26. The van der Waals surface area contributed by atoms with E-state index in [-0.39, 0.29) is 10.7 Å². The zero-order valence-corrected chi connectivity index (χ0v) is 6.68. The van der Waals surface area contributed by atoms with Crippen LogP contribution in [-0.2, 0) is 0 Å². The largest absolute Gasteiger partial charge is 0.251 e. The van der Waals surface area contributed by atoms with Crippen LogP contribution in [0, 0.1) is 18.6 Å². The molecule has 52 valence electrons. The number of hydrogen-bond donors (Lipinski definition) is 0. The van der Waals surface area contributed by atoms with E-state index in [1.165, 1.54) is 0 Å². The summed E-state index contributed by atoms with van der Waals surface area (Å²) in [5, 5.41) is -0.241. The standard InChI is InChI=1S/C6H3ClFNS/c1-3-4(7)5(9-2)6(8)10-3/h1H3. The highest BCUT2D eigenvalue weighted by atomic mass is 35.5. The summed E-state index contributed by atoms with van der Waals surface area (Å²) in [4.78, 5) is 3.60. The van der Waals surface area contributed by atoms with Crippen molar-refractivity contribution >= 4 is 28.6 Å². The molecule has 1 heterocycles.